The summed E-state index contributed by atoms with van der Waals surface area (Å²) in [5, 5.41) is 0. The summed E-state index contributed by atoms with van der Waals surface area (Å²) in [6.07, 6.45) is 0. The number of hydrogen-bond acceptors (Lipinski definition) is 3. The normalized spacial score (nSPS) is 21.8. The number of aliphatic imine (C=N–C) groups is 1. The van der Waals surface area contributed by atoms with E-state index in [9.17, 15) is 4.39 Å². The standard InChI is InChI=1S/C10H11FN2O/c11-8-3-1-7(2-4-8)9-5-14-6-10(12)13-9/h1-4,9H,5-6H2,(H2,12,13). The van der Waals surface area contributed by atoms with E-state index in [2.05, 4.69) is 4.99 Å². The number of nitrogens with two attached hydrogens (primary N) is 1. The summed E-state index contributed by atoms with van der Waals surface area (Å²) in [6, 6.07) is 6.13. The second kappa shape index (κ2) is 3.75. The van der Waals surface area contributed by atoms with E-state index in [1.54, 1.807) is 12.1 Å². The van der Waals surface area contributed by atoms with Crippen molar-refractivity contribution < 1.29 is 9.13 Å². The van der Waals surface area contributed by atoms with Crippen molar-refractivity contribution in [1.82, 2.24) is 0 Å². The minimum Gasteiger partial charge on any atom is -0.386 e. The Hall–Kier alpha value is -1.42. The second-order valence-electron chi connectivity index (χ2n) is 3.20. The van der Waals surface area contributed by atoms with Crippen LogP contribution in [0.2, 0.25) is 0 Å². The first-order valence-corrected chi connectivity index (χ1v) is 4.41. The van der Waals surface area contributed by atoms with Crippen molar-refractivity contribution in [2.45, 2.75) is 6.04 Å². The van der Waals surface area contributed by atoms with Gasteiger partial charge >= 0.3 is 0 Å². The van der Waals surface area contributed by atoms with Gasteiger partial charge in [0.05, 0.1) is 6.61 Å². The van der Waals surface area contributed by atoms with Crippen LogP contribution in [0, 0.1) is 5.82 Å². The van der Waals surface area contributed by atoms with E-state index in [-0.39, 0.29) is 11.9 Å². The van der Waals surface area contributed by atoms with Gasteiger partial charge in [-0.25, -0.2) is 4.39 Å². The van der Waals surface area contributed by atoms with Crippen LogP contribution in [-0.2, 0) is 4.74 Å². The molecule has 0 fully saturated rings. The Morgan fingerprint density at radius 1 is 1.36 bits per heavy atom. The van der Waals surface area contributed by atoms with Gasteiger partial charge in [0.2, 0.25) is 0 Å². The van der Waals surface area contributed by atoms with E-state index in [0.29, 0.717) is 19.0 Å². The summed E-state index contributed by atoms with van der Waals surface area (Å²) in [5.74, 6) is 0.244. The molecular formula is C10H11FN2O. The third-order valence-electron chi connectivity index (χ3n) is 2.10. The van der Waals surface area contributed by atoms with Crippen LogP contribution < -0.4 is 5.73 Å². The smallest absolute Gasteiger partial charge is 0.123 e. The van der Waals surface area contributed by atoms with Crippen molar-refractivity contribution >= 4 is 5.84 Å². The summed E-state index contributed by atoms with van der Waals surface area (Å²) in [5.41, 5.74) is 6.47. The molecule has 14 heavy (non-hydrogen) atoms. The Labute approximate surface area is 81.4 Å². The molecule has 3 nitrogen and oxygen atoms in total. The highest BCUT2D eigenvalue weighted by Gasteiger charge is 2.15. The van der Waals surface area contributed by atoms with Crippen molar-refractivity contribution in [2.75, 3.05) is 13.2 Å². The Morgan fingerprint density at radius 3 is 2.71 bits per heavy atom. The summed E-state index contributed by atoms with van der Waals surface area (Å²) < 4.78 is 17.9. The van der Waals surface area contributed by atoms with Gasteiger partial charge < -0.3 is 10.5 Å². The first kappa shape index (κ1) is 9.15. The van der Waals surface area contributed by atoms with Gasteiger partial charge in [-0.05, 0) is 17.7 Å². The van der Waals surface area contributed by atoms with Crippen molar-refractivity contribution in [3.8, 4) is 0 Å². The average molecular weight is 194 g/mol. The molecule has 0 radical (unpaired) electrons. The topological polar surface area (TPSA) is 47.6 Å². The quantitative estimate of drug-likeness (QED) is 0.731. The molecule has 0 aromatic heterocycles. The summed E-state index contributed by atoms with van der Waals surface area (Å²) in [6.45, 7) is 0.893. The number of halogens is 1. The Morgan fingerprint density at radius 2 is 2.07 bits per heavy atom. The lowest BCUT2D eigenvalue weighted by molar-refractivity contribution is 0.143. The number of hydrogen-bond donors (Lipinski definition) is 1. The number of benzene rings is 1. The second-order valence-corrected chi connectivity index (χ2v) is 3.20. The van der Waals surface area contributed by atoms with Crippen LogP contribution in [0.1, 0.15) is 11.6 Å². The average Bonchev–Trinajstić information content (AvgIpc) is 2.19. The molecule has 0 spiro atoms. The zero-order valence-electron chi connectivity index (χ0n) is 7.61. The van der Waals surface area contributed by atoms with Crippen LogP contribution in [-0.4, -0.2) is 19.0 Å². The predicted molar refractivity (Wildman–Crippen MR) is 51.6 cm³/mol. The maximum atomic E-state index is 12.6. The van der Waals surface area contributed by atoms with Crippen LogP contribution in [0.5, 0.6) is 0 Å². The van der Waals surface area contributed by atoms with Gasteiger partial charge in [0.1, 0.15) is 24.3 Å². The molecular weight excluding hydrogens is 183 g/mol. The number of amidine groups is 1. The molecule has 4 heteroatoms. The van der Waals surface area contributed by atoms with Crippen molar-refractivity contribution in [1.29, 1.82) is 0 Å². The van der Waals surface area contributed by atoms with E-state index < -0.39 is 0 Å². The molecule has 1 aliphatic heterocycles. The third kappa shape index (κ3) is 1.90. The minimum absolute atomic E-state index is 0.0932. The van der Waals surface area contributed by atoms with Crippen LogP contribution in [0.4, 0.5) is 4.39 Å². The molecule has 1 aromatic rings. The molecule has 0 saturated carbocycles. The van der Waals surface area contributed by atoms with Gasteiger partial charge in [-0.2, -0.15) is 0 Å². The molecule has 2 N–H and O–H groups in total. The predicted octanol–water partition coefficient (Wildman–Crippen LogP) is 1.25. The SMILES string of the molecule is NC1=NC(c2ccc(F)cc2)COC1. The molecule has 0 bridgehead atoms. The third-order valence-corrected chi connectivity index (χ3v) is 2.10. The van der Waals surface area contributed by atoms with Gasteiger partial charge in [0.25, 0.3) is 0 Å². The van der Waals surface area contributed by atoms with Crippen LogP contribution in [0.15, 0.2) is 29.3 Å². The van der Waals surface area contributed by atoms with Crippen LogP contribution in [0.25, 0.3) is 0 Å². The van der Waals surface area contributed by atoms with Crippen LogP contribution in [0.3, 0.4) is 0 Å². The molecule has 1 heterocycles. The first-order chi connectivity index (χ1) is 6.75. The molecule has 2 rings (SSSR count). The molecule has 74 valence electrons. The van der Waals surface area contributed by atoms with Crippen LogP contribution >= 0.6 is 0 Å². The Balaban J connectivity index is 2.22. The fraction of sp³-hybridized carbons (Fsp3) is 0.300. The molecule has 0 saturated heterocycles. The highest BCUT2D eigenvalue weighted by molar-refractivity contribution is 5.82. The zero-order valence-corrected chi connectivity index (χ0v) is 7.61. The molecule has 1 aromatic carbocycles. The zero-order chi connectivity index (χ0) is 9.97. The number of ether oxygens (including phenoxy) is 1. The fourth-order valence-corrected chi connectivity index (χ4v) is 1.41. The summed E-state index contributed by atoms with van der Waals surface area (Å²) >= 11 is 0. The van der Waals surface area contributed by atoms with E-state index >= 15 is 0 Å². The van der Waals surface area contributed by atoms with E-state index in [1.165, 1.54) is 12.1 Å². The molecule has 1 atom stereocenters. The molecule has 0 amide bonds. The summed E-state index contributed by atoms with van der Waals surface area (Å²) in [4.78, 5) is 4.23. The summed E-state index contributed by atoms with van der Waals surface area (Å²) in [7, 11) is 0. The monoisotopic (exact) mass is 194 g/mol. The van der Waals surface area contributed by atoms with Gasteiger partial charge in [-0.1, -0.05) is 12.1 Å². The van der Waals surface area contributed by atoms with E-state index in [4.69, 9.17) is 10.5 Å². The van der Waals surface area contributed by atoms with Crippen molar-refractivity contribution in [2.24, 2.45) is 10.7 Å². The lowest BCUT2D eigenvalue weighted by Gasteiger charge is -2.19. The minimum atomic E-state index is -0.248. The first-order valence-electron chi connectivity index (χ1n) is 4.41. The molecule has 1 aliphatic rings. The number of nitrogens with zero attached hydrogens (tertiary/aromatic N) is 1. The van der Waals surface area contributed by atoms with Gasteiger partial charge in [0.15, 0.2) is 0 Å². The number of rotatable bonds is 1. The Bertz CT molecular complexity index is 348. The highest BCUT2D eigenvalue weighted by Crippen LogP contribution is 2.20. The van der Waals surface area contributed by atoms with E-state index in [1.807, 2.05) is 0 Å². The fourth-order valence-electron chi connectivity index (χ4n) is 1.41. The lowest BCUT2D eigenvalue weighted by Crippen LogP contribution is -2.27. The van der Waals surface area contributed by atoms with Gasteiger partial charge in [-0.3, -0.25) is 4.99 Å². The largest absolute Gasteiger partial charge is 0.386 e. The maximum Gasteiger partial charge on any atom is 0.123 e. The van der Waals surface area contributed by atoms with Gasteiger partial charge in [0, 0.05) is 0 Å². The lowest BCUT2D eigenvalue weighted by atomic mass is 10.1. The maximum absolute atomic E-state index is 12.6. The van der Waals surface area contributed by atoms with E-state index in [0.717, 1.165) is 5.56 Å². The molecule has 0 aliphatic carbocycles. The highest BCUT2D eigenvalue weighted by atomic mass is 19.1. The van der Waals surface area contributed by atoms with Gasteiger partial charge in [-0.15, -0.1) is 0 Å². The van der Waals surface area contributed by atoms with Crippen molar-refractivity contribution in [3.63, 3.8) is 0 Å². The Kier molecular flexibility index (Phi) is 2.45. The van der Waals surface area contributed by atoms with Crippen molar-refractivity contribution in [3.05, 3.63) is 35.6 Å². The molecule has 1 unspecified atom stereocenters.